The van der Waals surface area contributed by atoms with Crippen molar-refractivity contribution >= 4 is 17.4 Å². The highest BCUT2D eigenvalue weighted by atomic mass is 32.1. The first kappa shape index (κ1) is 12.5. The van der Waals surface area contributed by atoms with Crippen molar-refractivity contribution in [3.05, 3.63) is 34.9 Å². The number of carbonyl (C=O) groups is 1. The van der Waals surface area contributed by atoms with Crippen LogP contribution in [-0.2, 0) is 11.3 Å². The van der Waals surface area contributed by atoms with E-state index in [0.29, 0.717) is 13.2 Å². The zero-order valence-corrected chi connectivity index (χ0v) is 10.7. The average Bonchev–Trinajstić information content (AvgIpc) is 2.87. The van der Waals surface area contributed by atoms with Crippen LogP contribution in [0.3, 0.4) is 0 Å². The Balaban J connectivity index is 1.97. The van der Waals surface area contributed by atoms with Gasteiger partial charge in [-0.2, -0.15) is 0 Å². The van der Waals surface area contributed by atoms with E-state index in [9.17, 15) is 4.79 Å². The molecule has 0 aliphatic carbocycles. The smallest absolute Gasteiger partial charge is 0.407 e. The van der Waals surface area contributed by atoms with Gasteiger partial charge in [0.2, 0.25) is 0 Å². The number of hydrogen-bond donors (Lipinski definition) is 1. The number of nitrogens with one attached hydrogen (secondary N) is 1. The minimum absolute atomic E-state index is 0.366. The van der Waals surface area contributed by atoms with Crippen molar-refractivity contribution in [2.45, 2.75) is 13.5 Å². The molecule has 0 aliphatic rings. The highest BCUT2D eigenvalue weighted by Crippen LogP contribution is 2.20. The Kier molecular flexibility index (Phi) is 4.25. The van der Waals surface area contributed by atoms with Crippen LogP contribution in [0.15, 0.2) is 29.9 Å². The van der Waals surface area contributed by atoms with Gasteiger partial charge in [-0.1, -0.05) is 0 Å². The third kappa shape index (κ3) is 3.27. The number of pyridine rings is 1. The number of aromatic nitrogens is 2. The summed E-state index contributed by atoms with van der Waals surface area (Å²) in [7, 11) is 0. The molecule has 0 saturated heterocycles. The van der Waals surface area contributed by atoms with Crippen LogP contribution in [0.4, 0.5) is 4.79 Å². The molecule has 0 fully saturated rings. The largest absolute Gasteiger partial charge is 0.450 e. The van der Waals surface area contributed by atoms with Crippen LogP contribution in [-0.4, -0.2) is 22.7 Å². The van der Waals surface area contributed by atoms with Crippen molar-refractivity contribution in [3.63, 3.8) is 0 Å². The van der Waals surface area contributed by atoms with Gasteiger partial charge in [0.05, 0.1) is 18.8 Å². The summed E-state index contributed by atoms with van der Waals surface area (Å²) in [5.74, 6) is 0. The first-order valence-corrected chi connectivity index (χ1v) is 6.43. The predicted octanol–water partition coefficient (Wildman–Crippen LogP) is 2.45. The molecule has 18 heavy (non-hydrogen) atoms. The summed E-state index contributed by atoms with van der Waals surface area (Å²) in [6.45, 7) is 2.51. The third-order valence-electron chi connectivity index (χ3n) is 2.17. The average molecular weight is 263 g/mol. The molecule has 0 bridgehead atoms. The lowest BCUT2D eigenvalue weighted by atomic mass is 10.2. The number of nitrogens with zero attached hydrogens (tertiary/aromatic N) is 2. The lowest BCUT2D eigenvalue weighted by Gasteiger charge is -2.02. The highest BCUT2D eigenvalue weighted by molar-refractivity contribution is 7.09. The molecule has 2 rings (SSSR count). The summed E-state index contributed by atoms with van der Waals surface area (Å²) in [6, 6.07) is 3.82. The molecule has 5 nitrogen and oxygen atoms in total. The fourth-order valence-electron chi connectivity index (χ4n) is 1.37. The van der Waals surface area contributed by atoms with Gasteiger partial charge in [0.15, 0.2) is 0 Å². The van der Waals surface area contributed by atoms with Crippen LogP contribution >= 0.6 is 11.3 Å². The molecule has 2 heterocycles. The maximum atomic E-state index is 11.1. The molecule has 0 spiro atoms. The van der Waals surface area contributed by atoms with Gasteiger partial charge in [-0.05, 0) is 19.1 Å². The first-order chi connectivity index (χ1) is 8.79. The van der Waals surface area contributed by atoms with Crippen molar-refractivity contribution in [2.75, 3.05) is 6.61 Å². The minimum Gasteiger partial charge on any atom is -0.450 e. The van der Waals surface area contributed by atoms with Crippen LogP contribution < -0.4 is 5.32 Å². The van der Waals surface area contributed by atoms with Gasteiger partial charge >= 0.3 is 6.09 Å². The Morgan fingerprint density at radius 1 is 1.56 bits per heavy atom. The SMILES string of the molecule is CCOC(=O)NCc1nc(-c2cccnc2)cs1. The van der Waals surface area contributed by atoms with Crippen LogP contribution in [0.25, 0.3) is 11.3 Å². The van der Waals surface area contributed by atoms with Gasteiger partial charge in [-0.15, -0.1) is 11.3 Å². The Morgan fingerprint density at radius 3 is 3.17 bits per heavy atom. The molecule has 94 valence electrons. The topological polar surface area (TPSA) is 64.1 Å². The lowest BCUT2D eigenvalue weighted by molar-refractivity contribution is 0.151. The molecular weight excluding hydrogens is 250 g/mol. The number of thiazole rings is 1. The number of alkyl carbamates (subject to hydrolysis) is 1. The van der Waals surface area contributed by atoms with E-state index in [0.717, 1.165) is 16.3 Å². The van der Waals surface area contributed by atoms with Gasteiger partial charge in [0.25, 0.3) is 0 Å². The van der Waals surface area contributed by atoms with Crippen LogP contribution in [0.5, 0.6) is 0 Å². The molecule has 0 aliphatic heterocycles. The second-order valence-corrected chi connectivity index (χ2v) is 4.38. The second-order valence-electron chi connectivity index (χ2n) is 3.44. The van der Waals surface area contributed by atoms with Crippen molar-refractivity contribution in [1.29, 1.82) is 0 Å². The second kappa shape index (κ2) is 6.11. The maximum absolute atomic E-state index is 11.1. The molecule has 0 aromatic carbocycles. The van der Waals surface area contributed by atoms with E-state index in [4.69, 9.17) is 4.74 Å². The van der Waals surface area contributed by atoms with Crippen LogP contribution in [0.1, 0.15) is 11.9 Å². The number of carbonyl (C=O) groups excluding carboxylic acids is 1. The van der Waals surface area contributed by atoms with Crippen molar-refractivity contribution < 1.29 is 9.53 Å². The highest BCUT2D eigenvalue weighted by Gasteiger charge is 2.06. The molecule has 0 radical (unpaired) electrons. The normalized spacial score (nSPS) is 10.1. The summed E-state index contributed by atoms with van der Waals surface area (Å²) < 4.78 is 4.77. The number of amides is 1. The van der Waals surface area contributed by atoms with Gasteiger partial charge in [0.1, 0.15) is 5.01 Å². The number of rotatable bonds is 4. The quantitative estimate of drug-likeness (QED) is 0.920. The van der Waals surface area contributed by atoms with E-state index >= 15 is 0 Å². The Morgan fingerprint density at radius 2 is 2.44 bits per heavy atom. The first-order valence-electron chi connectivity index (χ1n) is 5.55. The summed E-state index contributed by atoms with van der Waals surface area (Å²) in [6.07, 6.45) is 3.06. The molecule has 2 aromatic rings. The van der Waals surface area contributed by atoms with E-state index in [2.05, 4.69) is 15.3 Å². The van der Waals surface area contributed by atoms with Crippen molar-refractivity contribution in [3.8, 4) is 11.3 Å². The molecule has 0 saturated carbocycles. The molecule has 6 heteroatoms. The number of ether oxygens (including phenoxy) is 1. The number of hydrogen-bond acceptors (Lipinski definition) is 5. The zero-order chi connectivity index (χ0) is 12.8. The molecule has 2 aromatic heterocycles. The van der Waals surface area contributed by atoms with Gasteiger partial charge in [0, 0.05) is 23.3 Å². The van der Waals surface area contributed by atoms with E-state index in [1.807, 2.05) is 17.5 Å². The molecular formula is C12H13N3O2S. The molecule has 1 amide bonds. The monoisotopic (exact) mass is 263 g/mol. The Bertz CT molecular complexity index is 513. The van der Waals surface area contributed by atoms with E-state index in [1.165, 1.54) is 11.3 Å². The summed E-state index contributed by atoms with van der Waals surface area (Å²) in [4.78, 5) is 19.6. The Hall–Kier alpha value is -1.95. The molecule has 0 atom stereocenters. The van der Waals surface area contributed by atoms with Crippen LogP contribution in [0, 0.1) is 0 Å². The summed E-state index contributed by atoms with van der Waals surface area (Å²) in [5.41, 5.74) is 1.84. The molecule has 0 unspecified atom stereocenters. The standard InChI is InChI=1S/C12H13N3O2S/c1-2-17-12(16)14-7-11-15-10(8-18-11)9-4-3-5-13-6-9/h3-6,8H,2,7H2,1H3,(H,14,16). The lowest BCUT2D eigenvalue weighted by Crippen LogP contribution is -2.23. The van der Waals surface area contributed by atoms with Gasteiger partial charge in [-0.3, -0.25) is 4.98 Å². The van der Waals surface area contributed by atoms with E-state index < -0.39 is 6.09 Å². The fraction of sp³-hybridized carbons (Fsp3) is 0.250. The Labute approximate surface area is 109 Å². The van der Waals surface area contributed by atoms with Crippen molar-refractivity contribution in [2.24, 2.45) is 0 Å². The van der Waals surface area contributed by atoms with Gasteiger partial charge < -0.3 is 10.1 Å². The minimum atomic E-state index is -0.421. The van der Waals surface area contributed by atoms with E-state index in [-0.39, 0.29) is 0 Å². The third-order valence-corrected chi connectivity index (χ3v) is 3.02. The summed E-state index contributed by atoms with van der Waals surface area (Å²) >= 11 is 1.50. The maximum Gasteiger partial charge on any atom is 0.407 e. The predicted molar refractivity (Wildman–Crippen MR) is 69.2 cm³/mol. The van der Waals surface area contributed by atoms with Crippen LogP contribution in [0.2, 0.25) is 0 Å². The fourth-order valence-corrected chi connectivity index (χ4v) is 2.11. The van der Waals surface area contributed by atoms with Crippen molar-refractivity contribution in [1.82, 2.24) is 15.3 Å². The molecule has 1 N–H and O–H groups in total. The van der Waals surface area contributed by atoms with E-state index in [1.54, 1.807) is 19.3 Å². The summed E-state index contributed by atoms with van der Waals surface area (Å²) in [5, 5.41) is 5.41. The van der Waals surface area contributed by atoms with Gasteiger partial charge in [-0.25, -0.2) is 9.78 Å². The zero-order valence-electron chi connectivity index (χ0n) is 9.92.